The quantitative estimate of drug-likeness (QED) is 0.273. The second-order valence-corrected chi connectivity index (χ2v) is 8.31. The molecule has 0 saturated heterocycles. The summed E-state index contributed by atoms with van der Waals surface area (Å²) in [5, 5.41) is 5.84. The van der Waals surface area contributed by atoms with E-state index in [1.165, 1.54) is 47.7 Å². The van der Waals surface area contributed by atoms with Crippen molar-refractivity contribution in [2.75, 3.05) is 0 Å². The molecule has 0 unspecified atom stereocenters. The molecule has 2 heterocycles. The Morgan fingerprint density at radius 3 is 1.89 bits per heavy atom. The van der Waals surface area contributed by atoms with Gasteiger partial charge in [-0.3, -0.25) is 0 Å². The number of hydrogen-bond donors (Lipinski definition) is 0. The number of para-hydroxylation sites is 2. The van der Waals surface area contributed by atoms with Gasteiger partial charge in [0.15, 0.2) is 0 Å². The van der Waals surface area contributed by atoms with E-state index >= 15 is 0 Å². The van der Waals surface area contributed by atoms with E-state index in [2.05, 4.69) is 83.4 Å². The van der Waals surface area contributed by atoms with Crippen molar-refractivity contribution >= 4 is 64.9 Å². The first kappa shape index (κ1) is 15.3. The summed E-state index contributed by atoms with van der Waals surface area (Å²) in [6, 6.07) is 30.1. The zero-order valence-electron chi connectivity index (χ0n) is 14.3. The standard InChI is InChI=1S/C24H14ClNS/c25-15-9-11-23-19(13-15)20-14-16(10-12-24(20)27-23)26-21-7-3-1-5-17(21)18-6-2-4-8-22(18)26/h1-14H. The second-order valence-electron chi connectivity index (χ2n) is 6.79. The molecule has 0 radical (unpaired) electrons. The van der Waals surface area contributed by atoms with Crippen molar-refractivity contribution in [3.63, 3.8) is 0 Å². The molecule has 0 N–H and O–H groups in total. The number of halogens is 1. The fourth-order valence-electron chi connectivity index (χ4n) is 4.08. The van der Waals surface area contributed by atoms with E-state index in [0.29, 0.717) is 0 Å². The van der Waals surface area contributed by atoms with Crippen molar-refractivity contribution in [2.45, 2.75) is 0 Å². The summed E-state index contributed by atoms with van der Waals surface area (Å²) in [7, 11) is 0. The minimum atomic E-state index is 0.782. The molecule has 0 amide bonds. The maximum atomic E-state index is 6.27. The topological polar surface area (TPSA) is 4.93 Å². The summed E-state index contributed by atoms with van der Waals surface area (Å²) in [6.45, 7) is 0. The first-order valence-corrected chi connectivity index (χ1v) is 10.1. The molecule has 6 rings (SSSR count). The van der Waals surface area contributed by atoms with E-state index in [-0.39, 0.29) is 0 Å². The maximum Gasteiger partial charge on any atom is 0.0541 e. The molecule has 0 fully saturated rings. The van der Waals surface area contributed by atoms with Gasteiger partial charge in [0.1, 0.15) is 0 Å². The minimum Gasteiger partial charge on any atom is -0.309 e. The van der Waals surface area contributed by atoms with Crippen LogP contribution in [0.5, 0.6) is 0 Å². The number of aromatic nitrogens is 1. The Hall–Kier alpha value is -2.81. The maximum absolute atomic E-state index is 6.27. The molecular weight excluding hydrogens is 370 g/mol. The molecule has 0 aliphatic heterocycles. The third kappa shape index (κ3) is 2.18. The molecule has 6 aromatic rings. The van der Waals surface area contributed by atoms with Crippen LogP contribution in [0.1, 0.15) is 0 Å². The molecule has 3 heteroatoms. The highest BCUT2D eigenvalue weighted by molar-refractivity contribution is 7.25. The van der Waals surface area contributed by atoms with Crippen LogP contribution in [-0.2, 0) is 0 Å². The van der Waals surface area contributed by atoms with Gasteiger partial charge in [0.25, 0.3) is 0 Å². The van der Waals surface area contributed by atoms with E-state index in [4.69, 9.17) is 11.6 Å². The van der Waals surface area contributed by atoms with Crippen molar-refractivity contribution < 1.29 is 0 Å². The fourth-order valence-corrected chi connectivity index (χ4v) is 5.32. The normalized spacial score (nSPS) is 11.9. The number of benzene rings is 4. The van der Waals surface area contributed by atoms with E-state index < -0.39 is 0 Å². The summed E-state index contributed by atoms with van der Waals surface area (Å²) in [6.07, 6.45) is 0. The van der Waals surface area contributed by atoms with Gasteiger partial charge < -0.3 is 4.57 Å². The Bertz CT molecular complexity index is 1440. The number of rotatable bonds is 1. The number of thiophene rings is 1. The van der Waals surface area contributed by atoms with Crippen LogP contribution in [0.4, 0.5) is 0 Å². The third-order valence-electron chi connectivity index (χ3n) is 5.25. The van der Waals surface area contributed by atoms with Gasteiger partial charge in [-0.2, -0.15) is 0 Å². The Morgan fingerprint density at radius 2 is 1.19 bits per heavy atom. The van der Waals surface area contributed by atoms with E-state index in [1.807, 2.05) is 17.4 Å². The van der Waals surface area contributed by atoms with Gasteiger partial charge in [-0.1, -0.05) is 48.0 Å². The smallest absolute Gasteiger partial charge is 0.0541 e. The van der Waals surface area contributed by atoms with Crippen molar-refractivity contribution in [3.8, 4) is 5.69 Å². The number of hydrogen-bond acceptors (Lipinski definition) is 1. The average Bonchev–Trinajstić information content (AvgIpc) is 3.23. The summed E-state index contributed by atoms with van der Waals surface area (Å²) < 4.78 is 4.92. The zero-order chi connectivity index (χ0) is 18.0. The monoisotopic (exact) mass is 383 g/mol. The minimum absolute atomic E-state index is 0.782. The molecule has 1 nitrogen and oxygen atoms in total. The summed E-state index contributed by atoms with van der Waals surface area (Å²) in [5.41, 5.74) is 3.64. The summed E-state index contributed by atoms with van der Waals surface area (Å²) in [5.74, 6) is 0. The molecule has 0 spiro atoms. The molecule has 0 aliphatic rings. The third-order valence-corrected chi connectivity index (χ3v) is 6.64. The largest absolute Gasteiger partial charge is 0.309 e. The predicted octanol–water partition coefficient (Wildman–Crippen LogP) is 7.81. The Balaban J connectivity index is 1.74. The number of fused-ring (bicyclic) bond motifs is 6. The highest BCUT2D eigenvalue weighted by Crippen LogP contribution is 2.38. The predicted molar refractivity (Wildman–Crippen MR) is 119 cm³/mol. The lowest BCUT2D eigenvalue weighted by Crippen LogP contribution is -1.93. The van der Waals surface area contributed by atoms with Crippen LogP contribution in [0.3, 0.4) is 0 Å². The van der Waals surface area contributed by atoms with Crippen molar-refractivity contribution in [1.29, 1.82) is 0 Å². The van der Waals surface area contributed by atoms with Gasteiger partial charge in [-0.25, -0.2) is 0 Å². The Morgan fingerprint density at radius 1 is 0.593 bits per heavy atom. The fraction of sp³-hybridized carbons (Fsp3) is 0. The van der Waals surface area contributed by atoms with Gasteiger partial charge >= 0.3 is 0 Å². The second kappa shape index (κ2) is 5.59. The van der Waals surface area contributed by atoms with E-state index in [9.17, 15) is 0 Å². The van der Waals surface area contributed by atoms with Gasteiger partial charge in [0.05, 0.1) is 11.0 Å². The highest BCUT2D eigenvalue weighted by atomic mass is 35.5. The highest BCUT2D eigenvalue weighted by Gasteiger charge is 2.13. The van der Waals surface area contributed by atoms with Crippen LogP contribution >= 0.6 is 22.9 Å². The molecule has 0 aliphatic carbocycles. The molecular formula is C24H14ClNS. The molecule has 128 valence electrons. The van der Waals surface area contributed by atoms with Crippen molar-refractivity contribution in [3.05, 3.63) is 90.0 Å². The summed E-state index contributed by atoms with van der Waals surface area (Å²) in [4.78, 5) is 0. The lowest BCUT2D eigenvalue weighted by atomic mass is 10.1. The van der Waals surface area contributed by atoms with Crippen LogP contribution in [-0.4, -0.2) is 4.57 Å². The molecule has 0 saturated carbocycles. The van der Waals surface area contributed by atoms with Crippen LogP contribution < -0.4 is 0 Å². The first-order chi connectivity index (χ1) is 13.3. The van der Waals surface area contributed by atoms with Gasteiger partial charge in [0, 0.05) is 41.7 Å². The first-order valence-electron chi connectivity index (χ1n) is 8.90. The van der Waals surface area contributed by atoms with Crippen LogP contribution in [0.15, 0.2) is 84.9 Å². The average molecular weight is 384 g/mol. The Labute approximate surface area is 165 Å². The van der Waals surface area contributed by atoms with Gasteiger partial charge in [-0.05, 0) is 48.5 Å². The van der Waals surface area contributed by atoms with Crippen molar-refractivity contribution in [1.82, 2.24) is 4.57 Å². The summed E-state index contributed by atoms with van der Waals surface area (Å²) >= 11 is 8.09. The van der Waals surface area contributed by atoms with Crippen LogP contribution in [0.25, 0.3) is 47.7 Å². The Kier molecular flexibility index (Phi) is 3.16. The van der Waals surface area contributed by atoms with Crippen LogP contribution in [0, 0.1) is 0 Å². The molecule has 0 atom stereocenters. The molecule has 2 aromatic heterocycles. The van der Waals surface area contributed by atoms with Gasteiger partial charge in [-0.15, -0.1) is 11.3 Å². The lowest BCUT2D eigenvalue weighted by molar-refractivity contribution is 1.19. The SMILES string of the molecule is Clc1ccc2sc3ccc(-n4c5ccccc5c5ccccc54)cc3c2c1. The zero-order valence-corrected chi connectivity index (χ0v) is 15.9. The molecule has 4 aromatic carbocycles. The van der Waals surface area contributed by atoms with Crippen molar-refractivity contribution in [2.24, 2.45) is 0 Å². The van der Waals surface area contributed by atoms with Gasteiger partial charge in [0.2, 0.25) is 0 Å². The van der Waals surface area contributed by atoms with E-state index in [0.717, 1.165) is 5.02 Å². The molecule has 27 heavy (non-hydrogen) atoms. The van der Waals surface area contributed by atoms with E-state index in [1.54, 1.807) is 0 Å². The van der Waals surface area contributed by atoms with Crippen LogP contribution in [0.2, 0.25) is 5.02 Å². The molecule has 0 bridgehead atoms. The lowest BCUT2D eigenvalue weighted by Gasteiger charge is -2.08. The number of nitrogens with zero attached hydrogens (tertiary/aromatic N) is 1.